The van der Waals surface area contributed by atoms with E-state index in [9.17, 15) is 9.90 Å². The van der Waals surface area contributed by atoms with Gasteiger partial charge in [0.15, 0.2) is 0 Å². The van der Waals surface area contributed by atoms with E-state index in [4.69, 9.17) is 11.6 Å². The topological polar surface area (TPSA) is 66.3 Å². The zero-order chi connectivity index (χ0) is 18.4. The number of aromatic nitrogens is 2. The molecule has 1 aromatic carbocycles. The number of benzene rings is 1. The molecule has 0 saturated carbocycles. The number of carboxylic acid groups (broad SMARTS) is 1. The molecule has 1 fully saturated rings. The minimum absolute atomic E-state index is 0.150. The van der Waals surface area contributed by atoms with E-state index in [1.165, 1.54) is 22.5 Å². The van der Waals surface area contributed by atoms with Crippen molar-refractivity contribution in [1.29, 1.82) is 0 Å². The molecule has 1 aliphatic rings. The zero-order valence-electron chi connectivity index (χ0n) is 14.5. The van der Waals surface area contributed by atoms with Crippen LogP contribution in [0.5, 0.6) is 0 Å². The van der Waals surface area contributed by atoms with E-state index >= 15 is 0 Å². The molecule has 26 heavy (non-hydrogen) atoms. The number of nitrogens with zero attached hydrogens (tertiary/aromatic N) is 3. The molecule has 1 aliphatic heterocycles. The van der Waals surface area contributed by atoms with Gasteiger partial charge >= 0.3 is 5.97 Å². The first-order valence-electron chi connectivity index (χ1n) is 8.47. The predicted molar refractivity (Wildman–Crippen MR) is 105 cm³/mol. The molecular weight excluding hydrogens is 370 g/mol. The highest BCUT2D eigenvalue weighted by Gasteiger charge is 2.33. The second-order valence-electron chi connectivity index (χ2n) is 6.63. The summed E-state index contributed by atoms with van der Waals surface area (Å²) in [6.07, 6.45) is 1.44. The van der Waals surface area contributed by atoms with Crippen LogP contribution >= 0.6 is 22.9 Å². The number of carboxylic acids is 1. The van der Waals surface area contributed by atoms with E-state index in [-0.39, 0.29) is 5.28 Å². The highest BCUT2D eigenvalue weighted by Crippen LogP contribution is 2.41. The van der Waals surface area contributed by atoms with Crippen molar-refractivity contribution in [2.75, 3.05) is 11.4 Å². The maximum absolute atomic E-state index is 11.7. The molecule has 3 heterocycles. The summed E-state index contributed by atoms with van der Waals surface area (Å²) in [5, 5.41) is 12.7. The molecule has 2 aromatic heterocycles. The molecule has 0 radical (unpaired) electrons. The van der Waals surface area contributed by atoms with Gasteiger partial charge in [-0.05, 0) is 55.0 Å². The molecular formula is C19H18ClN3O2S. The van der Waals surface area contributed by atoms with E-state index < -0.39 is 12.0 Å². The molecule has 0 aliphatic carbocycles. The molecule has 134 valence electrons. The Bertz CT molecular complexity index is 1020. The second kappa shape index (κ2) is 6.52. The van der Waals surface area contributed by atoms with Crippen molar-refractivity contribution in [2.45, 2.75) is 32.7 Å². The lowest BCUT2D eigenvalue weighted by Crippen LogP contribution is -2.36. The summed E-state index contributed by atoms with van der Waals surface area (Å²) in [6, 6.07) is 5.76. The fraction of sp³-hybridized carbons (Fsp3) is 0.316. The number of thiophene rings is 1. The van der Waals surface area contributed by atoms with Crippen LogP contribution in [0.1, 0.15) is 24.0 Å². The third-order valence-electron chi connectivity index (χ3n) is 5.02. The van der Waals surface area contributed by atoms with Crippen molar-refractivity contribution in [2.24, 2.45) is 0 Å². The number of hydrogen-bond acceptors (Lipinski definition) is 5. The van der Waals surface area contributed by atoms with Crippen molar-refractivity contribution >= 4 is 44.9 Å². The number of anilines is 1. The highest BCUT2D eigenvalue weighted by molar-refractivity contribution is 7.17. The van der Waals surface area contributed by atoms with E-state index in [0.29, 0.717) is 18.8 Å². The number of aliphatic carboxylic acids is 1. The predicted octanol–water partition coefficient (Wildman–Crippen LogP) is 4.68. The smallest absolute Gasteiger partial charge is 0.326 e. The number of aryl methyl sites for hydroxylation is 2. The van der Waals surface area contributed by atoms with Crippen LogP contribution in [-0.2, 0) is 4.79 Å². The molecule has 1 N–H and O–H groups in total. The lowest BCUT2D eigenvalue weighted by atomic mass is 10.0. The SMILES string of the molecule is Cc1ccc(-c2csc3nc(Cl)nc(N4CCCC4C(=O)O)c23)cc1C. The van der Waals surface area contributed by atoms with Gasteiger partial charge in [0.05, 0.1) is 5.39 Å². The number of fused-ring (bicyclic) bond motifs is 1. The summed E-state index contributed by atoms with van der Waals surface area (Å²) in [6.45, 7) is 4.82. The third kappa shape index (κ3) is 2.83. The molecule has 4 rings (SSSR count). The van der Waals surface area contributed by atoms with Gasteiger partial charge in [0.25, 0.3) is 0 Å². The van der Waals surface area contributed by atoms with Gasteiger partial charge in [-0.2, -0.15) is 4.98 Å². The van der Waals surface area contributed by atoms with Gasteiger partial charge in [-0.15, -0.1) is 11.3 Å². The van der Waals surface area contributed by atoms with E-state index in [2.05, 4.69) is 47.4 Å². The fourth-order valence-electron chi connectivity index (χ4n) is 3.50. The van der Waals surface area contributed by atoms with Crippen LogP contribution in [-0.4, -0.2) is 33.6 Å². The largest absolute Gasteiger partial charge is 0.480 e. The van der Waals surface area contributed by atoms with Crippen LogP contribution in [0.25, 0.3) is 21.3 Å². The van der Waals surface area contributed by atoms with E-state index in [1.807, 2.05) is 4.90 Å². The monoisotopic (exact) mass is 387 g/mol. The minimum Gasteiger partial charge on any atom is -0.480 e. The molecule has 5 nitrogen and oxygen atoms in total. The van der Waals surface area contributed by atoms with Crippen LogP contribution in [0.4, 0.5) is 5.82 Å². The van der Waals surface area contributed by atoms with Crippen molar-refractivity contribution in [3.8, 4) is 11.1 Å². The number of hydrogen-bond donors (Lipinski definition) is 1. The summed E-state index contributed by atoms with van der Waals surface area (Å²) < 4.78 is 0. The zero-order valence-corrected chi connectivity index (χ0v) is 16.1. The summed E-state index contributed by atoms with van der Waals surface area (Å²) >= 11 is 7.65. The Morgan fingerprint density at radius 3 is 2.85 bits per heavy atom. The van der Waals surface area contributed by atoms with E-state index in [1.54, 1.807) is 0 Å². The Morgan fingerprint density at radius 2 is 2.12 bits per heavy atom. The highest BCUT2D eigenvalue weighted by atomic mass is 35.5. The van der Waals surface area contributed by atoms with Crippen LogP contribution in [0.3, 0.4) is 0 Å². The quantitative estimate of drug-likeness (QED) is 0.661. The molecule has 7 heteroatoms. The average molecular weight is 388 g/mol. The Hall–Kier alpha value is -2.18. The van der Waals surface area contributed by atoms with Crippen LogP contribution in [0.2, 0.25) is 5.28 Å². The van der Waals surface area contributed by atoms with Crippen LogP contribution in [0, 0.1) is 13.8 Å². The molecule has 1 saturated heterocycles. The Labute approximate surface area is 160 Å². The van der Waals surface area contributed by atoms with Crippen molar-refractivity contribution in [1.82, 2.24) is 9.97 Å². The van der Waals surface area contributed by atoms with Gasteiger partial charge in [0.1, 0.15) is 16.7 Å². The first kappa shape index (κ1) is 17.2. The molecule has 0 amide bonds. The first-order valence-corrected chi connectivity index (χ1v) is 9.73. The van der Waals surface area contributed by atoms with Gasteiger partial charge in [0, 0.05) is 17.5 Å². The van der Waals surface area contributed by atoms with E-state index in [0.717, 1.165) is 27.8 Å². The average Bonchev–Trinajstić information content (AvgIpc) is 3.23. The standard InChI is InChI=1S/C19H18ClN3O2S/c1-10-5-6-12(8-11(10)2)13-9-26-17-15(13)16(21-19(20)22-17)23-7-3-4-14(23)18(24)25/h5-6,8-9,14H,3-4,7H2,1-2H3,(H,24,25). The van der Waals surface area contributed by atoms with Gasteiger partial charge in [0.2, 0.25) is 5.28 Å². The summed E-state index contributed by atoms with van der Waals surface area (Å²) in [7, 11) is 0. The van der Waals surface area contributed by atoms with Crippen LogP contribution in [0.15, 0.2) is 23.6 Å². The van der Waals surface area contributed by atoms with Gasteiger partial charge in [-0.3, -0.25) is 0 Å². The maximum atomic E-state index is 11.7. The lowest BCUT2D eigenvalue weighted by Gasteiger charge is -2.23. The van der Waals surface area contributed by atoms with Gasteiger partial charge in [-0.1, -0.05) is 18.2 Å². The summed E-state index contributed by atoms with van der Waals surface area (Å²) in [4.78, 5) is 23.1. The Kier molecular flexibility index (Phi) is 4.32. The second-order valence-corrected chi connectivity index (χ2v) is 7.83. The normalized spacial score (nSPS) is 17.2. The van der Waals surface area contributed by atoms with Gasteiger partial charge in [-0.25, -0.2) is 9.78 Å². The number of halogens is 1. The van der Waals surface area contributed by atoms with Crippen molar-refractivity contribution in [3.63, 3.8) is 0 Å². The van der Waals surface area contributed by atoms with Crippen LogP contribution < -0.4 is 4.90 Å². The summed E-state index contributed by atoms with van der Waals surface area (Å²) in [5.41, 5.74) is 4.55. The molecule has 0 bridgehead atoms. The lowest BCUT2D eigenvalue weighted by molar-refractivity contribution is -0.138. The first-order chi connectivity index (χ1) is 12.5. The Morgan fingerprint density at radius 1 is 1.31 bits per heavy atom. The van der Waals surface area contributed by atoms with Gasteiger partial charge < -0.3 is 10.0 Å². The fourth-order valence-corrected chi connectivity index (χ4v) is 4.66. The van der Waals surface area contributed by atoms with Crippen molar-refractivity contribution < 1.29 is 9.90 Å². The van der Waals surface area contributed by atoms with Crippen molar-refractivity contribution in [3.05, 3.63) is 40.0 Å². The number of carbonyl (C=O) groups is 1. The third-order valence-corrected chi connectivity index (χ3v) is 6.06. The minimum atomic E-state index is -0.826. The maximum Gasteiger partial charge on any atom is 0.326 e. The Balaban J connectivity index is 1.94. The molecule has 0 spiro atoms. The number of rotatable bonds is 3. The molecule has 1 unspecified atom stereocenters. The molecule has 3 aromatic rings. The molecule has 1 atom stereocenters. The summed E-state index contributed by atoms with van der Waals surface area (Å²) in [5.74, 6) is -0.201.